The largest absolute Gasteiger partial charge is 0.496 e. The predicted octanol–water partition coefficient (Wildman–Crippen LogP) is 1.68. The maximum absolute atomic E-state index is 12.0. The van der Waals surface area contributed by atoms with Gasteiger partial charge in [0.05, 0.1) is 18.7 Å². The lowest BCUT2D eigenvalue weighted by Gasteiger charge is -2.33. The van der Waals surface area contributed by atoms with Gasteiger partial charge in [0.2, 0.25) is 5.91 Å². The summed E-state index contributed by atoms with van der Waals surface area (Å²) in [6.07, 6.45) is 1.39. The Bertz CT molecular complexity index is 615. The Morgan fingerprint density at radius 3 is 2.77 bits per heavy atom. The van der Waals surface area contributed by atoms with Crippen molar-refractivity contribution in [1.29, 1.82) is 5.26 Å². The number of carboxylic acid groups (broad SMARTS) is 1. The zero-order chi connectivity index (χ0) is 16.1. The van der Waals surface area contributed by atoms with Crippen LogP contribution in [0.25, 0.3) is 0 Å². The fourth-order valence-corrected chi connectivity index (χ4v) is 2.65. The molecule has 0 saturated heterocycles. The molecule has 22 heavy (non-hydrogen) atoms. The zero-order valence-corrected chi connectivity index (χ0v) is 12.3. The molecular weight excluding hydrogens is 284 g/mol. The molecule has 1 aromatic rings. The van der Waals surface area contributed by atoms with E-state index in [-0.39, 0.29) is 24.2 Å². The minimum atomic E-state index is -0.814. The molecule has 6 heteroatoms. The quantitative estimate of drug-likeness (QED) is 0.833. The van der Waals surface area contributed by atoms with Crippen LogP contribution in [0.15, 0.2) is 18.2 Å². The first-order chi connectivity index (χ1) is 10.5. The first-order valence-electron chi connectivity index (χ1n) is 7.10. The van der Waals surface area contributed by atoms with Gasteiger partial charge in [0.1, 0.15) is 5.75 Å². The fraction of sp³-hybridized carbons (Fsp3) is 0.438. The Morgan fingerprint density at radius 1 is 1.45 bits per heavy atom. The number of ether oxygens (including phenoxy) is 1. The molecule has 2 rings (SSSR count). The third-order valence-electron chi connectivity index (χ3n) is 3.94. The van der Waals surface area contributed by atoms with Crippen molar-refractivity contribution in [2.24, 2.45) is 11.8 Å². The van der Waals surface area contributed by atoms with Crippen molar-refractivity contribution in [2.45, 2.75) is 25.8 Å². The molecule has 6 nitrogen and oxygen atoms in total. The number of carboxylic acids is 1. The number of rotatable bonds is 6. The zero-order valence-electron chi connectivity index (χ0n) is 12.3. The van der Waals surface area contributed by atoms with Crippen molar-refractivity contribution in [2.75, 3.05) is 7.11 Å². The molecule has 0 unspecified atom stereocenters. The molecule has 2 N–H and O–H groups in total. The number of benzene rings is 1. The van der Waals surface area contributed by atoms with Gasteiger partial charge in [0.25, 0.3) is 0 Å². The van der Waals surface area contributed by atoms with Crippen molar-refractivity contribution < 1.29 is 19.4 Å². The van der Waals surface area contributed by atoms with E-state index in [2.05, 4.69) is 5.32 Å². The molecule has 1 saturated carbocycles. The van der Waals surface area contributed by atoms with E-state index in [1.165, 1.54) is 7.11 Å². The highest BCUT2D eigenvalue weighted by Crippen LogP contribution is 2.36. The SMILES string of the molecule is COc1cc(C#N)ccc1CNC(=O)C1CC(CC(=O)O)C1. The van der Waals surface area contributed by atoms with E-state index < -0.39 is 5.97 Å². The van der Waals surface area contributed by atoms with Crippen LogP contribution in [0.2, 0.25) is 0 Å². The van der Waals surface area contributed by atoms with Crippen LogP contribution in [-0.4, -0.2) is 24.1 Å². The minimum Gasteiger partial charge on any atom is -0.496 e. The number of nitriles is 1. The first-order valence-corrected chi connectivity index (χ1v) is 7.10. The van der Waals surface area contributed by atoms with Crippen LogP contribution in [0, 0.1) is 23.2 Å². The van der Waals surface area contributed by atoms with Gasteiger partial charge < -0.3 is 15.2 Å². The monoisotopic (exact) mass is 302 g/mol. The molecule has 0 heterocycles. The maximum Gasteiger partial charge on any atom is 0.303 e. The van der Waals surface area contributed by atoms with Crippen molar-refractivity contribution in [3.8, 4) is 11.8 Å². The Morgan fingerprint density at radius 2 is 2.18 bits per heavy atom. The van der Waals surface area contributed by atoms with E-state index in [1.807, 2.05) is 6.07 Å². The molecule has 1 aliphatic rings. The van der Waals surface area contributed by atoms with Gasteiger partial charge in [0.15, 0.2) is 0 Å². The van der Waals surface area contributed by atoms with Crippen LogP contribution in [0.5, 0.6) is 5.75 Å². The molecule has 0 spiro atoms. The lowest BCUT2D eigenvalue weighted by Crippen LogP contribution is -2.39. The molecule has 1 fully saturated rings. The van der Waals surface area contributed by atoms with Gasteiger partial charge in [0, 0.05) is 24.4 Å². The smallest absolute Gasteiger partial charge is 0.303 e. The summed E-state index contributed by atoms with van der Waals surface area (Å²) in [6.45, 7) is 0.327. The Balaban J connectivity index is 1.85. The summed E-state index contributed by atoms with van der Waals surface area (Å²) in [5.74, 6) is -0.303. The second-order valence-electron chi connectivity index (χ2n) is 5.49. The summed E-state index contributed by atoms with van der Waals surface area (Å²) in [5, 5.41) is 20.4. The number of aliphatic carboxylic acids is 1. The second kappa shape index (κ2) is 6.94. The molecule has 1 aromatic carbocycles. The lowest BCUT2D eigenvalue weighted by atomic mass is 9.73. The lowest BCUT2D eigenvalue weighted by molar-refractivity contribution is -0.141. The number of amides is 1. The van der Waals surface area contributed by atoms with Gasteiger partial charge in [-0.25, -0.2) is 0 Å². The summed E-state index contributed by atoms with van der Waals surface area (Å²) in [6, 6.07) is 7.10. The number of methoxy groups -OCH3 is 1. The van der Waals surface area contributed by atoms with Gasteiger partial charge in [-0.15, -0.1) is 0 Å². The van der Waals surface area contributed by atoms with Crippen LogP contribution < -0.4 is 10.1 Å². The predicted molar refractivity (Wildman–Crippen MR) is 78.0 cm³/mol. The number of nitrogens with one attached hydrogen (secondary N) is 1. The van der Waals surface area contributed by atoms with Crippen molar-refractivity contribution in [3.63, 3.8) is 0 Å². The van der Waals surface area contributed by atoms with Crippen molar-refractivity contribution in [3.05, 3.63) is 29.3 Å². The maximum atomic E-state index is 12.0. The highest BCUT2D eigenvalue weighted by atomic mass is 16.5. The van der Waals surface area contributed by atoms with Crippen LogP contribution in [0.3, 0.4) is 0 Å². The fourth-order valence-electron chi connectivity index (χ4n) is 2.65. The molecule has 1 aliphatic carbocycles. The van der Waals surface area contributed by atoms with Crippen molar-refractivity contribution >= 4 is 11.9 Å². The minimum absolute atomic E-state index is 0.0620. The summed E-state index contributed by atoms with van der Waals surface area (Å²) in [7, 11) is 1.52. The summed E-state index contributed by atoms with van der Waals surface area (Å²) < 4.78 is 5.21. The Labute approximate surface area is 128 Å². The molecule has 0 bridgehead atoms. The standard InChI is InChI=1S/C16H18N2O4/c1-22-14-6-10(8-17)2-3-12(14)9-18-16(21)13-4-11(5-13)7-15(19)20/h2-3,6,11,13H,4-5,7,9H2,1H3,(H,18,21)(H,19,20). The Hall–Kier alpha value is -2.55. The average Bonchev–Trinajstić information content (AvgIpc) is 2.47. The van der Waals surface area contributed by atoms with Gasteiger partial charge in [-0.3, -0.25) is 9.59 Å². The van der Waals surface area contributed by atoms with Crippen LogP contribution in [0.1, 0.15) is 30.4 Å². The highest BCUT2D eigenvalue weighted by molar-refractivity contribution is 5.80. The average molecular weight is 302 g/mol. The summed E-state index contributed by atoms with van der Waals surface area (Å²) >= 11 is 0. The van der Waals surface area contributed by atoms with Crippen LogP contribution in [0.4, 0.5) is 0 Å². The van der Waals surface area contributed by atoms with Crippen molar-refractivity contribution in [1.82, 2.24) is 5.32 Å². The summed E-state index contributed by atoms with van der Waals surface area (Å²) in [5.41, 5.74) is 1.30. The molecule has 1 amide bonds. The van der Waals surface area contributed by atoms with Gasteiger partial charge >= 0.3 is 5.97 Å². The van der Waals surface area contributed by atoms with E-state index in [0.717, 1.165) is 5.56 Å². The third-order valence-corrected chi connectivity index (χ3v) is 3.94. The van der Waals surface area contributed by atoms with E-state index in [4.69, 9.17) is 15.1 Å². The summed E-state index contributed by atoms with van der Waals surface area (Å²) in [4.78, 5) is 22.6. The van der Waals surface area contributed by atoms with E-state index in [9.17, 15) is 9.59 Å². The molecule has 0 aromatic heterocycles. The van der Waals surface area contributed by atoms with Gasteiger partial charge in [-0.1, -0.05) is 6.07 Å². The van der Waals surface area contributed by atoms with E-state index >= 15 is 0 Å². The molecule has 116 valence electrons. The number of nitrogens with zero attached hydrogens (tertiary/aromatic N) is 1. The normalized spacial score (nSPS) is 19.6. The second-order valence-corrected chi connectivity index (χ2v) is 5.49. The molecule has 0 atom stereocenters. The number of carbonyl (C=O) groups excluding carboxylic acids is 1. The number of hydrogen-bond donors (Lipinski definition) is 2. The third kappa shape index (κ3) is 3.76. The first kappa shape index (κ1) is 15.8. The number of carbonyl (C=O) groups is 2. The molecular formula is C16H18N2O4. The van der Waals surface area contributed by atoms with E-state index in [1.54, 1.807) is 18.2 Å². The van der Waals surface area contributed by atoms with Crippen LogP contribution >= 0.6 is 0 Å². The number of hydrogen-bond acceptors (Lipinski definition) is 4. The molecule has 0 aliphatic heterocycles. The van der Waals surface area contributed by atoms with E-state index in [0.29, 0.717) is 30.7 Å². The van der Waals surface area contributed by atoms with Gasteiger partial charge in [-0.2, -0.15) is 5.26 Å². The highest BCUT2D eigenvalue weighted by Gasteiger charge is 2.35. The topological polar surface area (TPSA) is 99.4 Å². The van der Waals surface area contributed by atoms with Gasteiger partial charge in [-0.05, 0) is 30.9 Å². The van der Waals surface area contributed by atoms with Crippen LogP contribution in [-0.2, 0) is 16.1 Å². The Kier molecular flexibility index (Phi) is 4.99. The molecule has 0 radical (unpaired) electrons.